The van der Waals surface area contributed by atoms with E-state index < -0.39 is 0 Å². The quantitative estimate of drug-likeness (QED) is 0.693. The number of hydrogen-bond acceptors (Lipinski definition) is 5. The smallest absolute Gasteiger partial charge is 0.348 e. The highest BCUT2D eigenvalue weighted by atomic mass is 32.1. The number of hydrogen-bond donors (Lipinski definition) is 0. The first-order valence-electron chi connectivity index (χ1n) is 6.91. The maximum atomic E-state index is 11.8. The number of carbonyl (C=O) groups excluding carboxylic acids is 1. The lowest BCUT2D eigenvalue weighted by Gasteiger charge is -2.08. The summed E-state index contributed by atoms with van der Waals surface area (Å²) in [7, 11) is 4.66. The number of esters is 1. The van der Waals surface area contributed by atoms with Gasteiger partial charge in [-0.05, 0) is 29.8 Å². The van der Waals surface area contributed by atoms with Crippen LogP contribution in [0.5, 0.6) is 5.75 Å². The zero-order valence-corrected chi connectivity index (χ0v) is 13.8. The van der Waals surface area contributed by atoms with Gasteiger partial charge in [-0.3, -0.25) is 4.79 Å². The van der Waals surface area contributed by atoms with E-state index in [1.54, 1.807) is 32.5 Å². The minimum Gasteiger partial charge on any atom is -0.496 e. The van der Waals surface area contributed by atoms with Crippen molar-refractivity contribution in [2.75, 3.05) is 14.2 Å². The average Bonchev–Trinajstić information content (AvgIpc) is 3.01. The fourth-order valence-corrected chi connectivity index (χ4v) is 3.59. The van der Waals surface area contributed by atoms with Gasteiger partial charge >= 0.3 is 5.97 Å². The fraction of sp³-hybridized carbons (Fsp3) is 0.176. The molecule has 118 valence electrons. The van der Waals surface area contributed by atoms with E-state index in [0.717, 1.165) is 21.2 Å². The van der Waals surface area contributed by atoms with Crippen molar-refractivity contribution in [3.05, 3.63) is 51.8 Å². The van der Waals surface area contributed by atoms with Crippen LogP contribution in [0.4, 0.5) is 0 Å². The summed E-state index contributed by atoms with van der Waals surface area (Å²) in [5.74, 6) is 0.319. The minimum atomic E-state index is -0.375. The molecule has 0 aliphatic rings. The predicted molar refractivity (Wildman–Crippen MR) is 90.4 cm³/mol. The number of aryl methyl sites for hydroxylation is 1. The zero-order valence-electron chi connectivity index (χ0n) is 13.0. The molecule has 0 atom stereocenters. The van der Waals surface area contributed by atoms with Crippen molar-refractivity contribution in [2.24, 2.45) is 7.05 Å². The van der Waals surface area contributed by atoms with Crippen LogP contribution >= 0.6 is 11.3 Å². The predicted octanol–water partition coefficient (Wildman–Crippen LogP) is 3.06. The van der Waals surface area contributed by atoms with E-state index in [0.29, 0.717) is 10.6 Å². The summed E-state index contributed by atoms with van der Waals surface area (Å²) in [4.78, 5) is 23.9. The van der Waals surface area contributed by atoms with E-state index in [-0.39, 0.29) is 11.5 Å². The summed E-state index contributed by atoms with van der Waals surface area (Å²) >= 11 is 1.35. The molecule has 0 unspecified atom stereocenters. The maximum Gasteiger partial charge on any atom is 0.348 e. The van der Waals surface area contributed by atoms with Crippen LogP contribution in [-0.2, 0) is 11.8 Å². The third-order valence-corrected chi connectivity index (χ3v) is 4.80. The lowest BCUT2D eigenvalue weighted by Crippen LogP contribution is -2.13. The van der Waals surface area contributed by atoms with Crippen molar-refractivity contribution in [3.63, 3.8) is 0 Å². The Morgan fingerprint density at radius 1 is 1.17 bits per heavy atom. The Hall–Kier alpha value is -2.60. The molecular formula is C17H15NO4S. The van der Waals surface area contributed by atoms with Gasteiger partial charge in [0.1, 0.15) is 10.6 Å². The second kappa shape index (κ2) is 5.89. The van der Waals surface area contributed by atoms with Crippen LogP contribution < -0.4 is 10.3 Å². The highest BCUT2D eigenvalue weighted by molar-refractivity contribution is 7.21. The van der Waals surface area contributed by atoms with Gasteiger partial charge in [-0.25, -0.2) is 4.79 Å². The van der Waals surface area contributed by atoms with Crippen LogP contribution in [0.1, 0.15) is 9.67 Å². The number of nitrogens with zero attached hydrogens (tertiary/aromatic N) is 1. The van der Waals surface area contributed by atoms with Gasteiger partial charge in [0.25, 0.3) is 0 Å². The minimum absolute atomic E-state index is 0.0695. The molecule has 0 bridgehead atoms. The number of aromatic nitrogens is 1. The standard InChI is InChI=1S/C17H15NO4S/c1-18-9-10(4-7-15(18)19)11-5-6-13(21-2)12-8-14(17(20)22-3)23-16(11)12/h4-9H,1-3H3. The lowest BCUT2D eigenvalue weighted by molar-refractivity contribution is 0.0606. The summed E-state index contributed by atoms with van der Waals surface area (Å²) in [5, 5.41) is 0.851. The van der Waals surface area contributed by atoms with E-state index in [1.165, 1.54) is 29.1 Å². The van der Waals surface area contributed by atoms with Gasteiger partial charge in [0.15, 0.2) is 0 Å². The number of fused-ring (bicyclic) bond motifs is 1. The largest absolute Gasteiger partial charge is 0.496 e. The number of thiophene rings is 1. The highest BCUT2D eigenvalue weighted by Gasteiger charge is 2.17. The molecule has 3 rings (SSSR count). The molecule has 0 fully saturated rings. The maximum absolute atomic E-state index is 11.8. The molecule has 3 aromatic rings. The molecule has 5 nitrogen and oxygen atoms in total. The molecular weight excluding hydrogens is 314 g/mol. The van der Waals surface area contributed by atoms with Crippen molar-refractivity contribution < 1.29 is 14.3 Å². The van der Waals surface area contributed by atoms with E-state index in [9.17, 15) is 9.59 Å². The molecule has 0 aliphatic heterocycles. The van der Waals surface area contributed by atoms with Gasteiger partial charge in [0.05, 0.1) is 14.2 Å². The lowest BCUT2D eigenvalue weighted by atomic mass is 10.1. The van der Waals surface area contributed by atoms with Crippen molar-refractivity contribution in [2.45, 2.75) is 0 Å². The summed E-state index contributed by atoms with van der Waals surface area (Å²) in [6.45, 7) is 0. The molecule has 2 heterocycles. The Bertz CT molecular complexity index is 955. The first kappa shape index (κ1) is 15.3. The van der Waals surface area contributed by atoms with Gasteiger partial charge in [-0.2, -0.15) is 0 Å². The van der Waals surface area contributed by atoms with Crippen molar-refractivity contribution in [3.8, 4) is 16.9 Å². The van der Waals surface area contributed by atoms with Crippen molar-refractivity contribution in [1.82, 2.24) is 4.57 Å². The van der Waals surface area contributed by atoms with Crippen LogP contribution in [0.25, 0.3) is 21.2 Å². The first-order chi connectivity index (χ1) is 11.0. The molecule has 2 aromatic heterocycles. The number of ether oxygens (including phenoxy) is 2. The number of benzene rings is 1. The van der Waals surface area contributed by atoms with Gasteiger partial charge in [-0.1, -0.05) is 0 Å². The molecule has 0 spiro atoms. The van der Waals surface area contributed by atoms with Crippen LogP contribution in [0.3, 0.4) is 0 Å². The molecule has 0 aliphatic carbocycles. The van der Waals surface area contributed by atoms with E-state index in [4.69, 9.17) is 9.47 Å². The number of methoxy groups -OCH3 is 2. The third kappa shape index (κ3) is 2.61. The Morgan fingerprint density at radius 2 is 1.96 bits per heavy atom. The van der Waals surface area contributed by atoms with Crippen LogP contribution in [-0.4, -0.2) is 24.8 Å². The SMILES string of the molecule is COC(=O)c1cc2c(OC)ccc(-c3ccc(=O)n(C)c3)c2s1. The Morgan fingerprint density at radius 3 is 2.61 bits per heavy atom. The molecule has 0 radical (unpaired) electrons. The highest BCUT2D eigenvalue weighted by Crippen LogP contribution is 2.39. The van der Waals surface area contributed by atoms with Gasteiger partial charge < -0.3 is 14.0 Å². The molecule has 23 heavy (non-hydrogen) atoms. The summed E-state index contributed by atoms with van der Waals surface area (Å²) in [6, 6.07) is 8.87. The van der Waals surface area contributed by atoms with E-state index in [2.05, 4.69) is 0 Å². The van der Waals surface area contributed by atoms with Crippen LogP contribution in [0.15, 0.2) is 41.3 Å². The summed E-state index contributed by atoms with van der Waals surface area (Å²) < 4.78 is 12.6. The molecule has 0 amide bonds. The molecule has 0 saturated heterocycles. The summed E-state index contributed by atoms with van der Waals surface area (Å²) in [6.07, 6.45) is 1.78. The van der Waals surface area contributed by atoms with Gasteiger partial charge in [0.2, 0.25) is 5.56 Å². The van der Waals surface area contributed by atoms with E-state index in [1.807, 2.05) is 12.1 Å². The topological polar surface area (TPSA) is 57.5 Å². The van der Waals surface area contributed by atoms with Gasteiger partial charge in [-0.15, -0.1) is 11.3 Å². The Balaban J connectivity index is 2.28. The number of rotatable bonds is 3. The second-order valence-corrected chi connectivity index (χ2v) is 6.08. The Kier molecular flexibility index (Phi) is 3.92. The average molecular weight is 329 g/mol. The van der Waals surface area contributed by atoms with Crippen molar-refractivity contribution in [1.29, 1.82) is 0 Å². The first-order valence-corrected chi connectivity index (χ1v) is 7.72. The number of pyridine rings is 1. The zero-order chi connectivity index (χ0) is 16.6. The fourth-order valence-electron chi connectivity index (χ4n) is 2.46. The van der Waals surface area contributed by atoms with Gasteiger partial charge in [0, 0.05) is 35.0 Å². The molecule has 6 heteroatoms. The monoisotopic (exact) mass is 329 g/mol. The Labute approximate surface area is 136 Å². The van der Waals surface area contributed by atoms with E-state index >= 15 is 0 Å². The second-order valence-electron chi connectivity index (χ2n) is 5.03. The normalized spacial score (nSPS) is 10.7. The molecule has 0 N–H and O–H groups in total. The van der Waals surface area contributed by atoms with Crippen molar-refractivity contribution >= 4 is 27.4 Å². The molecule has 0 saturated carbocycles. The summed E-state index contributed by atoms with van der Waals surface area (Å²) in [5.41, 5.74) is 1.77. The molecule has 1 aromatic carbocycles. The van der Waals surface area contributed by atoms with Crippen LogP contribution in [0, 0.1) is 0 Å². The number of carbonyl (C=O) groups is 1. The van der Waals surface area contributed by atoms with Crippen LogP contribution in [0.2, 0.25) is 0 Å². The third-order valence-electron chi connectivity index (χ3n) is 3.65.